The van der Waals surface area contributed by atoms with E-state index >= 15 is 0 Å². The van der Waals surface area contributed by atoms with E-state index in [1.165, 1.54) is 18.3 Å². The number of hydrogen-bond donors (Lipinski definition) is 1. The van der Waals surface area contributed by atoms with E-state index < -0.39 is 10.8 Å². The summed E-state index contributed by atoms with van der Waals surface area (Å²) in [5.41, 5.74) is 2.75. The first-order valence-corrected chi connectivity index (χ1v) is 7.40. The van der Waals surface area contributed by atoms with Crippen LogP contribution in [0.5, 0.6) is 5.75 Å². The van der Waals surface area contributed by atoms with E-state index in [1.54, 1.807) is 12.1 Å². The maximum absolute atomic E-state index is 12.0. The van der Waals surface area contributed by atoms with Crippen molar-refractivity contribution in [3.63, 3.8) is 0 Å². The number of nitro groups is 1. The lowest BCUT2D eigenvalue weighted by molar-refractivity contribution is -0.384. The van der Waals surface area contributed by atoms with Gasteiger partial charge in [0, 0.05) is 17.2 Å². The second-order valence-corrected chi connectivity index (χ2v) is 5.00. The van der Waals surface area contributed by atoms with Crippen molar-refractivity contribution >= 4 is 29.4 Å². The van der Waals surface area contributed by atoms with Crippen LogP contribution in [0.25, 0.3) is 0 Å². The number of ether oxygens (including phenoxy) is 1. The molecule has 0 saturated carbocycles. The minimum atomic E-state index is -0.652. The zero-order chi connectivity index (χ0) is 17.5. The molecular weight excluding hydrogens is 334 g/mol. The number of amides is 1. The molecule has 7 nitrogen and oxygen atoms in total. The van der Waals surface area contributed by atoms with E-state index in [-0.39, 0.29) is 16.3 Å². The SMILES string of the molecule is CCOc1ccccc1C=NNC(=O)c1ccc(Cl)c([N+](=O)[O-])c1. The van der Waals surface area contributed by atoms with Crippen LogP contribution in [0, 0.1) is 10.1 Å². The summed E-state index contributed by atoms with van der Waals surface area (Å²) in [5, 5.41) is 14.7. The molecule has 1 N–H and O–H groups in total. The van der Waals surface area contributed by atoms with Crippen molar-refractivity contribution in [2.75, 3.05) is 6.61 Å². The number of hydrazone groups is 1. The number of para-hydroxylation sites is 1. The predicted octanol–water partition coefficient (Wildman–Crippen LogP) is 3.41. The van der Waals surface area contributed by atoms with Gasteiger partial charge in [0.2, 0.25) is 0 Å². The van der Waals surface area contributed by atoms with Gasteiger partial charge in [-0.2, -0.15) is 5.10 Å². The monoisotopic (exact) mass is 347 g/mol. The van der Waals surface area contributed by atoms with Crippen LogP contribution in [0.15, 0.2) is 47.6 Å². The first-order chi connectivity index (χ1) is 11.5. The molecule has 2 rings (SSSR count). The lowest BCUT2D eigenvalue weighted by Gasteiger charge is -2.06. The Morgan fingerprint density at radius 2 is 2.12 bits per heavy atom. The van der Waals surface area contributed by atoms with Crippen LogP contribution in [0.1, 0.15) is 22.8 Å². The normalized spacial score (nSPS) is 10.6. The van der Waals surface area contributed by atoms with Gasteiger partial charge in [-0.05, 0) is 31.2 Å². The van der Waals surface area contributed by atoms with Crippen molar-refractivity contribution in [3.05, 3.63) is 68.7 Å². The lowest BCUT2D eigenvalue weighted by atomic mass is 10.2. The number of halogens is 1. The van der Waals surface area contributed by atoms with Crippen molar-refractivity contribution < 1.29 is 14.5 Å². The maximum atomic E-state index is 12.0. The number of rotatable bonds is 6. The van der Waals surface area contributed by atoms with Crippen LogP contribution in [0.3, 0.4) is 0 Å². The molecule has 0 radical (unpaired) electrons. The summed E-state index contributed by atoms with van der Waals surface area (Å²) < 4.78 is 5.44. The smallest absolute Gasteiger partial charge is 0.288 e. The van der Waals surface area contributed by atoms with Gasteiger partial charge < -0.3 is 4.74 Å². The Labute approximate surface area is 143 Å². The third-order valence-corrected chi connectivity index (χ3v) is 3.31. The molecule has 0 heterocycles. The van der Waals surface area contributed by atoms with Crippen LogP contribution < -0.4 is 10.2 Å². The molecule has 0 spiro atoms. The maximum Gasteiger partial charge on any atom is 0.288 e. The molecule has 0 saturated heterocycles. The van der Waals surface area contributed by atoms with Gasteiger partial charge >= 0.3 is 0 Å². The zero-order valence-corrected chi connectivity index (χ0v) is 13.5. The third kappa shape index (κ3) is 4.30. The zero-order valence-electron chi connectivity index (χ0n) is 12.7. The Hall–Kier alpha value is -2.93. The molecule has 0 aliphatic rings. The Kier molecular flexibility index (Phi) is 5.86. The first-order valence-electron chi connectivity index (χ1n) is 7.02. The Morgan fingerprint density at radius 3 is 2.83 bits per heavy atom. The van der Waals surface area contributed by atoms with Gasteiger partial charge in [0.25, 0.3) is 11.6 Å². The molecule has 0 unspecified atom stereocenters. The standard InChI is InChI=1S/C16H14ClN3O4/c1-2-24-15-6-4-3-5-12(15)10-18-19-16(21)11-7-8-13(17)14(9-11)20(22)23/h3-10H,2H2,1H3,(H,19,21). The van der Waals surface area contributed by atoms with Gasteiger partial charge in [-0.1, -0.05) is 23.7 Å². The van der Waals surface area contributed by atoms with E-state index in [1.807, 2.05) is 19.1 Å². The predicted molar refractivity (Wildman–Crippen MR) is 90.8 cm³/mol. The molecule has 8 heteroatoms. The molecule has 2 aromatic carbocycles. The molecule has 1 amide bonds. The van der Waals surface area contributed by atoms with Crippen molar-refractivity contribution in [2.24, 2.45) is 5.10 Å². The van der Waals surface area contributed by atoms with Gasteiger partial charge in [-0.15, -0.1) is 0 Å². The van der Waals surface area contributed by atoms with Crippen LogP contribution in [-0.4, -0.2) is 23.7 Å². The van der Waals surface area contributed by atoms with Crippen LogP contribution in [0.2, 0.25) is 5.02 Å². The number of nitro benzene ring substituents is 1. The fourth-order valence-electron chi connectivity index (χ4n) is 1.89. The molecular formula is C16H14ClN3O4. The average molecular weight is 348 g/mol. The Balaban J connectivity index is 2.11. The number of hydrogen-bond acceptors (Lipinski definition) is 5. The molecule has 0 fully saturated rings. The molecule has 0 aliphatic heterocycles. The second-order valence-electron chi connectivity index (χ2n) is 4.59. The highest BCUT2D eigenvalue weighted by Crippen LogP contribution is 2.25. The first kappa shape index (κ1) is 17.4. The average Bonchev–Trinajstić information content (AvgIpc) is 2.56. The van der Waals surface area contributed by atoms with E-state index in [4.69, 9.17) is 16.3 Å². The van der Waals surface area contributed by atoms with Crippen LogP contribution >= 0.6 is 11.6 Å². The van der Waals surface area contributed by atoms with E-state index in [2.05, 4.69) is 10.5 Å². The quantitative estimate of drug-likeness (QED) is 0.492. The third-order valence-electron chi connectivity index (χ3n) is 2.99. The summed E-state index contributed by atoms with van der Waals surface area (Å²) in [6.45, 7) is 2.37. The van der Waals surface area contributed by atoms with Crippen LogP contribution in [-0.2, 0) is 0 Å². The molecule has 24 heavy (non-hydrogen) atoms. The minimum absolute atomic E-state index is 0.0364. The van der Waals surface area contributed by atoms with Crippen molar-refractivity contribution in [3.8, 4) is 5.75 Å². The number of benzene rings is 2. The van der Waals surface area contributed by atoms with Gasteiger partial charge in [0.15, 0.2) is 0 Å². The summed E-state index contributed by atoms with van der Waals surface area (Å²) in [5.74, 6) is 0.0556. The second kappa shape index (κ2) is 8.07. The van der Waals surface area contributed by atoms with Crippen LogP contribution in [0.4, 0.5) is 5.69 Å². The largest absolute Gasteiger partial charge is 0.493 e. The van der Waals surface area contributed by atoms with E-state index in [9.17, 15) is 14.9 Å². The van der Waals surface area contributed by atoms with Crippen molar-refractivity contribution in [2.45, 2.75) is 6.92 Å². The Morgan fingerprint density at radius 1 is 1.38 bits per heavy atom. The molecule has 0 aromatic heterocycles. The molecule has 2 aromatic rings. The van der Waals surface area contributed by atoms with Gasteiger partial charge in [0.1, 0.15) is 10.8 Å². The van der Waals surface area contributed by atoms with Gasteiger partial charge in [-0.25, -0.2) is 5.43 Å². The highest BCUT2D eigenvalue weighted by atomic mass is 35.5. The lowest BCUT2D eigenvalue weighted by Crippen LogP contribution is -2.17. The fourth-order valence-corrected chi connectivity index (χ4v) is 2.08. The summed E-state index contributed by atoms with van der Waals surface area (Å²) in [6.07, 6.45) is 1.44. The summed E-state index contributed by atoms with van der Waals surface area (Å²) in [4.78, 5) is 22.2. The molecule has 0 bridgehead atoms. The molecule has 0 aliphatic carbocycles. The summed E-state index contributed by atoms with van der Waals surface area (Å²) in [6, 6.07) is 11.0. The summed E-state index contributed by atoms with van der Waals surface area (Å²) in [7, 11) is 0. The number of nitrogens with zero attached hydrogens (tertiary/aromatic N) is 2. The van der Waals surface area contributed by atoms with Crippen molar-refractivity contribution in [1.29, 1.82) is 0 Å². The minimum Gasteiger partial charge on any atom is -0.493 e. The van der Waals surface area contributed by atoms with Crippen molar-refractivity contribution in [1.82, 2.24) is 5.43 Å². The number of carbonyl (C=O) groups excluding carboxylic acids is 1. The highest BCUT2D eigenvalue weighted by molar-refractivity contribution is 6.32. The van der Waals surface area contributed by atoms with E-state index in [0.717, 1.165) is 6.07 Å². The summed E-state index contributed by atoms with van der Waals surface area (Å²) >= 11 is 5.71. The fraction of sp³-hybridized carbons (Fsp3) is 0.125. The van der Waals surface area contributed by atoms with Gasteiger partial charge in [-0.3, -0.25) is 14.9 Å². The van der Waals surface area contributed by atoms with Gasteiger partial charge in [0.05, 0.1) is 17.7 Å². The molecule has 0 atom stereocenters. The molecule has 124 valence electrons. The highest BCUT2D eigenvalue weighted by Gasteiger charge is 2.15. The number of nitrogens with one attached hydrogen (secondary N) is 1. The Bertz CT molecular complexity index is 793. The topological polar surface area (TPSA) is 93.8 Å². The number of carbonyl (C=O) groups is 1. The van der Waals surface area contributed by atoms with E-state index in [0.29, 0.717) is 17.9 Å².